The van der Waals surface area contributed by atoms with E-state index in [0.29, 0.717) is 0 Å². The van der Waals surface area contributed by atoms with Crippen molar-refractivity contribution in [2.24, 2.45) is 0 Å². The number of nitrogen functional groups attached to an aromatic ring is 1. The number of nitrogens with two attached hydrogens (primary N) is 1. The minimum absolute atomic E-state index is 0.0730. The van der Waals surface area contributed by atoms with Gasteiger partial charge in [0.05, 0.1) is 12.9 Å². The number of anilines is 1. The molecule has 3 rings (SSSR count). The smallest absolute Gasteiger partial charge is 0.486 e. The predicted molar refractivity (Wildman–Crippen MR) is 82.2 cm³/mol. The molecule has 0 amide bonds. The number of phosphoric ester groups is 1. The van der Waals surface area contributed by atoms with Crippen LogP contribution in [0.25, 0.3) is 11.2 Å². The van der Waals surface area contributed by atoms with Crippen molar-refractivity contribution in [3.63, 3.8) is 0 Å². The Balaban J connectivity index is 1.76. The summed E-state index contributed by atoms with van der Waals surface area (Å²) in [7, 11) is -10.8. The van der Waals surface area contributed by atoms with Crippen molar-refractivity contribution >= 4 is 35.2 Å². The molecule has 1 aliphatic heterocycles. The summed E-state index contributed by atoms with van der Waals surface area (Å²) in [5.74, 6) is 0.0730. The number of imidazole rings is 1. The summed E-state index contributed by atoms with van der Waals surface area (Å²) < 4.78 is 56.8. The van der Waals surface area contributed by atoms with Crippen LogP contribution in [0.5, 0.6) is 0 Å². The summed E-state index contributed by atoms with van der Waals surface area (Å²) in [5.41, 5.74) is 6.06. The molecule has 1 saturated heterocycles. The molecule has 5 unspecified atom stereocenters. The number of aromatic nitrogens is 4. The van der Waals surface area contributed by atoms with Crippen LogP contribution in [0, 0.1) is 0 Å². The first kappa shape index (κ1) is 20.0. The third-order valence-electron chi connectivity index (χ3n) is 3.59. The number of fused-ring (bicyclic) bond motifs is 1. The second kappa shape index (κ2) is 7.01. The van der Waals surface area contributed by atoms with Gasteiger partial charge in [0.15, 0.2) is 17.7 Å². The van der Waals surface area contributed by atoms with Gasteiger partial charge in [-0.3, -0.25) is 9.09 Å². The van der Waals surface area contributed by atoms with Crippen molar-refractivity contribution in [3.05, 3.63) is 12.7 Å². The van der Waals surface area contributed by atoms with Gasteiger partial charge in [0.25, 0.3) is 0 Å². The van der Waals surface area contributed by atoms with Gasteiger partial charge in [-0.15, -0.1) is 0 Å². The molecular weight excluding hydrogens is 413 g/mol. The quantitative estimate of drug-likeness (QED) is 0.215. The Kier molecular flexibility index (Phi) is 5.19. The molecule has 150 valence electrons. The van der Waals surface area contributed by atoms with E-state index in [1.165, 1.54) is 10.9 Å². The average molecular weight is 426 g/mol. The fraction of sp³-hybridized carbons (Fsp3) is 0.500. The number of aliphatic hydroxyl groups is 2. The molecule has 0 spiro atoms. The first-order valence-electron chi connectivity index (χ1n) is 7.07. The SMILES string of the molecule is Nc1ncnc2c1ncn2C1OC(COP(=O)(O)OS(=O)(=O)[O-])C(O)C1O. The van der Waals surface area contributed by atoms with Gasteiger partial charge >= 0.3 is 7.82 Å². The van der Waals surface area contributed by atoms with Crippen LogP contribution < -0.4 is 5.73 Å². The summed E-state index contributed by atoms with van der Waals surface area (Å²) >= 11 is 0. The lowest BCUT2D eigenvalue weighted by Crippen LogP contribution is -2.33. The summed E-state index contributed by atoms with van der Waals surface area (Å²) in [6.07, 6.45) is -3.36. The van der Waals surface area contributed by atoms with Crippen LogP contribution in [-0.2, 0) is 28.2 Å². The highest BCUT2D eigenvalue weighted by molar-refractivity contribution is 7.85. The van der Waals surface area contributed by atoms with Crippen LogP contribution in [0.15, 0.2) is 12.7 Å². The molecule has 17 heteroatoms. The monoisotopic (exact) mass is 426 g/mol. The van der Waals surface area contributed by atoms with Crippen molar-refractivity contribution < 1.29 is 45.9 Å². The van der Waals surface area contributed by atoms with Gasteiger partial charge < -0.3 is 30.1 Å². The lowest BCUT2D eigenvalue weighted by Gasteiger charge is -2.18. The Morgan fingerprint density at radius 1 is 1.33 bits per heavy atom. The third kappa shape index (κ3) is 4.23. The predicted octanol–water partition coefficient (Wildman–Crippen LogP) is -2.38. The van der Waals surface area contributed by atoms with Crippen molar-refractivity contribution in [1.82, 2.24) is 19.5 Å². The normalized spacial score (nSPS) is 28.4. The van der Waals surface area contributed by atoms with Crippen LogP contribution in [0.3, 0.4) is 0 Å². The van der Waals surface area contributed by atoms with E-state index in [1.807, 2.05) is 0 Å². The zero-order valence-corrected chi connectivity index (χ0v) is 14.8. The fourth-order valence-electron chi connectivity index (χ4n) is 2.46. The molecule has 15 nitrogen and oxygen atoms in total. The van der Waals surface area contributed by atoms with E-state index >= 15 is 0 Å². The van der Waals surface area contributed by atoms with Gasteiger partial charge in [0.1, 0.15) is 30.2 Å². The number of rotatable bonds is 6. The van der Waals surface area contributed by atoms with Crippen LogP contribution in [0.4, 0.5) is 5.82 Å². The third-order valence-corrected chi connectivity index (χ3v) is 5.55. The molecule has 5 atom stereocenters. The maximum atomic E-state index is 11.4. The van der Waals surface area contributed by atoms with E-state index in [4.69, 9.17) is 10.5 Å². The number of nitrogens with zero attached hydrogens (tertiary/aromatic N) is 4. The zero-order chi connectivity index (χ0) is 20.0. The summed E-state index contributed by atoms with van der Waals surface area (Å²) in [4.78, 5) is 20.9. The Bertz CT molecular complexity index is 997. The van der Waals surface area contributed by atoms with Crippen LogP contribution >= 0.6 is 7.82 Å². The largest absolute Gasteiger partial charge is 0.725 e. The zero-order valence-electron chi connectivity index (χ0n) is 13.1. The van der Waals surface area contributed by atoms with Crippen LogP contribution in [-0.4, -0.2) is 72.5 Å². The molecule has 1 aliphatic rings. The Morgan fingerprint density at radius 2 is 2.04 bits per heavy atom. The lowest BCUT2D eigenvalue weighted by atomic mass is 10.1. The Labute approximate surface area is 150 Å². The first-order valence-corrected chi connectivity index (χ1v) is 9.90. The standard InChI is InChI=1S/C10H14N5O10PS/c11-8-5-9(13-2-12-8)15(3-14-5)10-7(17)6(16)4(24-10)1-23-26(18,19)25-27(20,21)22/h2-4,6-7,10,16-17H,1H2,(H,18,19)(H2,11,12,13)(H,20,21,22)/p-1. The highest BCUT2D eigenvalue weighted by atomic mass is 32.3. The first-order chi connectivity index (χ1) is 12.5. The van der Waals surface area contributed by atoms with Gasteiger partial charge in [0.2, 0.25) is 10.4 Å². The van der Waals surface area contributed by atoms with Gasteiger partial charge in [-0.05, 0) is 0 Å². The van der Waals surface area contributed by atoms with E-state index in [0.717, 1.165) is 6.33 Å². The average Bonchev–Trinajstić information content (AvgIpc) is 3.07. The number of phosphoric acid groups is 1. The number of aliphatic hydroxyl groups excluding tert-OH is 2. The van der Waals surface area contributed by atoms with Crippen molar-refractivity contribution in [2.75, 3.05) is 12.3 Å². The number of hydrogen-bond donors (Lipinski definition) is 4. The second-order valence-electron chi connectivity index (χ2n) is 5.38. The highest BCUT2D eigenvalue weighted by Gasteiger charge is 2.45. The van der Waals surface area contributed by atoms with E-state index in [1.54, 1.807) is 0 Å². The molecule has 0 radical (unpaired) electrons. The molecule has 5 N–H and O–H groups in total. The van der Waals surface area contributed by atoms with Gasteiger partial charge in [-0.1, -0.05) is 0 Å². The molecule has 3 heterocycles. The molecule has 0 aromatic carbocycles. The number of hydrogen-bond acceptors (Lipinski definition) is 13. The van der Waals surface area contributed by atoms with E-state index in [9.17, 15) is 32.6 Å². The van der Waals surface area contributed by atoms with Crippen molar-refractivity contribution in [1.29, 1.82) is 0 Å². The summed E-state index contributed by atoms with van der Waals surface area (Å²) in [5, 5.41) is 20.2. The van der Waals surface area contributed by atoms with Crippen molar-refractivity contribution in [2.45, 2.75) is 24.5 Å². The van der Waals surface area contributed by atoms with E-state index in [-0.39, 0.29) is 17.0 Å². The molecule has 0 saturated carbocycles. The molecule has 27 heavy (non-hydrogen) atoms. The molecule has 1 fully saturated rings. The minimum atomic E-state index is -5.51. The van der Waals surface area contributed by atoms with Crippen LogP contribution in [0.1, 0.15) is 6.23 Å². The molecule has 0 bridgehead atoms. The number of ether oxygens (including phenoxy) is 1. The van der Waals surface area contributed by atoms with Crippen LogP contribution in [0.2, 0.25) is 0 Å². The van der Waals surface area contributed by atoms with E-state index in [2.05, 4.69) is 23.4 Å². The van der Waals surface area contributed by atoms with E-state index < -0.39 is 49.4 Å². The highest BCUT2D eigenvalue weighted by Crippen LogP contribution is 2.45. The van der Waals surface area contributed by atoms with Crippen molar-refractivity contribution in [3.8, 4) is 0 Å². The lowest BCUT2D eigenvalue weighted by molar-refractivity contribution is -0.0501. The maximum absolute atomic E-state index is 11.4. The summed E-state index contributed by atoms with van der Waals surface area (Å²) in [6.45, 7) is -0.873. The summed E-state index contributed by atoms with van der Waals surface area (Å²) in [6, 6.07) is 0. The van der Waals surface area contributed by atoms with Gasteiger partial charge in [0, 0.05) is 0 Å². The Hall–Kier alpha value is -1.75. The molecule has 0 aliphatic carbocycles. The molecular formula is C10H13N5O10PS-. The van der Waals surface area contributed by atoms with Gasteiger partial charge in [-0.2, -0.15) is 3.97 Å². The Morgan fingerprint density at radius 3 is 2.70 bits per heavy atom. The fourth-order valence-corrected chi connectivity index (χ4v) is 3.89. The molecule has 2 aromatic rings. The minimum Gasteiger partial charge on any atom is -0.725 e. The second-order valence-corrected chi connectivity index (χ2v) is 7.98. The van der Waals surface area contributed by atoms with Gasteiger partial charge in [-0.25, -0.2) is 27.9 Å². The maximum Gasteiger partial charge on any atom is 0.486 e. The molecule has 2 aromatic heterocycles. The topological polar surface area (TPSA) is 232 Å².